The molecule has 41 heavy (non-hydrogen) atoms. The Hall–Kier alpha value is -5.21. The van der Waals surface area contributed by atoms with E-state index >= 15 is 0 Å². The molecule has 5 aliphatic rings. The number of hydrogen-bond donors (Lipinski definition) is 3. The Kier molecular flexibility index (Phi) is 4.76. The van der Waals surface area contributed by atoms with Gasteiger partial charge in [0.15, 0.2) is 12.0 Å². The van der Waals surface area contributed by atoms with Crippen molar-refractivity contribution in [3.8, 4) is 0 Å². The van der Waals surface area contributed by atoms with Gasteiger partial charge in [-0.3, -0.25) is 15.3 Å². The summed E-state index contributed by atoms with van der Waals surface area (Å²) in [6, 6.07) is 33.2. The lowest BCUT2D eigenvalue weighted by Crippen LogP contribution is -2.35. The van der Waals surface area contributed by atoms with Gasteiger partial charge in [0, 0.05) is 33.0 Å². The van der Waals surface area contributed by atoms with Crippen LogP contribution in [0.25, 0.3) is 10.8 Å². The summed E-state index contributed by atoms with van der Waals surface area (Å²) < 4.78 is 0. The monoisotopic (exact) mass is 532 g/mol. The molecule has 0 fully saturated rings. The number of aromatic nitrogens is 1. The van der Waals surface area contributed by atoms with Crippen LogP contribution >= 0.6 is 0 Å². The van der Waals surface area contributed by atoms with E-state index in [0.717, 1.165) is 66.7 Å². The van der Waals surface area contributed by atoms with Crippen molar-refractivity contribution in [3.05, 3.63) is 141 Å². The fourth-order valence-corrected chi connectivity index (χ4v) is 6.31. The van der Waals surface area contributed by atoms with E-state index in [1.165, 1.54) is 0 Å². The maximum Gasteiger partial charge on any atom is 0.168 e. The molecule has 1 aromatic heterocycles. The minimum absolute atomic E-state index is 0.165. The summed E-state index contributed by atoms with van der Waals surface area (Å²) in [5.41, 5.74) is 8.86. The zero-order chi connectivity index (χ0) is 26.9. The Labute approximate surface area is 235 Å². The van der Waals surface area contributed by atoms with Crippen molar-refractivity contribution in [3.63, 3.8) is 0 Å². The van der Waals surface area contributed by atoms with Crippen molar-refractivity contribution in [2.45, 2.75) is 18.5 Å². The highest BCUT2D eigenvalue weighted by Crippen LogP contribution is 2.35. The van der Waals surface area contributed by atoms with E-state index in [-0.39, 0.29) is 18.5 Å². The number of H-pyrrole nitrogens is 1. The standard InChI is InChI=1S/C33H24N8/c1-2-10-19-18(9-1)26-17-34-27(19)36-29-22-13-5-6-14-23(22)31(38-29)40-33-25-16-8-7-15-24(25)32(41-33)39-30-21-12-4-3-11-20(21)28(35-26)37-30/h1-16,28,32-33,41H,17H2,(H,37,39)(H,34,36,38,40). The number of hydrogen-bond acceptors (Lipinski definition) is 7. The van der Waals surface area contributed by atoms with Crippen molar-refractivity contribution in [1.82, 2.24) is 15.6 Å². The Bertz CT molecular complexity index is 2120. The lowest BCUT2D eigenvalue weighted by molar-refractivity contribution is 0.479. The van der Waals surface area contributed by atoms with Crippen LogP contribution in [0.5, 0.6) is 0 Å². The van der Waals surface area contributed by atoms with Gasteiger partial charge in [-0.25, -0.2) is 15.0 Å². The Morgan fingerprint density at radius 2 is 1.29 bits per heavy atom. The third-order valence-electron chi connectivity index (χ3n) is 8.24. The van der Waals surface area contributed by atoms with E-state index in [1.807, 2.05) is 36.4 Å². The van der Waals surface area contributed by atoms with Crippen LogP contribution < -0.4 is 21.6 Å². The molecule has 3 atom stereocenters. The van der Waals surface area contributed by atoms with Gasteiger partial charge in [-0.2, -0.15) is 0 Å². The van der Waals surface area contributed by atoms with E-state index in [1.54, 1.807) is 0 Å². The Morgan fingerprint density at radius 1 is 0.610 bits per heavy atom. The number of benzene rings is 4. The van der Waals surface area contributed by atoms with Crippen LogP contribution in [0.3, 0.4) is 0 Å². The zero-order valence-corrected chi connectivity index (χ0v) is 21.9. The molecule has 0 amide bonds. The summed E-state index contributed by atoms with van der Waals surface area (Å²) in [5, 5.41) is 9.43. The molecule has 0 radical (unpaired) electrons. The van der Waals surface area contributed by atoms with Crippen LogP contribution in [0.1, 0.15) is 51.9 Å². The first kappa shape index (κ1) is 22.6. The number of rotatable bonds is 0. The van der Waals surface area contributed by atoms with Gasteiger partial charge in [0.05, 0.1) is 12.3 Å². The van der Waals surface area contributed by atoms with E-state index in [4.69, 9.17) is 25.0 Å². The second-order valence-electron chi connectivity index (χ2n) is 10.6. The van der Waals surface area contributed by atoms with Crippen LogP contribution in [0.15, 0.2) is 122 Å². The second kappa shape index (κ2) is 8.64. The summed E-state index contributed by atoms with van der Waals surface area (Å²) in [6.07, 6.45) is -0.773. The number of aliphatic imine (C=N–C) groups is 3. The number of amidine groups is 2. The molecule has 5 aromatic rings. The molecule has 10 rings (SSSR count). The lowest BCUT2D eigenvalue weighted by atomic mass is 9.99. The summed E-state index contributed by atoms with van der Waals surface area (Å²) in [5.74, 6) is 1.51. The average Bonchev–Trinajstić information content (AvgIpc) is 3.67. The van der Waals surface area contributed by atoms with Gasteiger partial charge in [0.2, 0.25) is 0 Å². The van der Waals surface area contributed by atoms with Crippen molar-refractivity contribution in [1.29, 1.82) is 0 Å². The molecule has 8 bridgehead atoms. The zero-order valence-electron chi connectivity index (χ0n) is 21.9. The largest absolute Gasteiger partial charge is 0.350 e. The Morgan fingerprint density at radius 3 is 2.15 bits per heavy atom. The van der Waals surface area contributed by atoms with Crippen molar-refractivity contribution < 1.29 is 0 Å². The summed E-state index contributed by atoms with van der Waals surface area (Å²) >= 11 is 0. The SMILES string of the molecule is c1ccc2c(c1)C1=NC3N=C(NC4NC(/N=c5\[nH]c(c6ccccc56)=NC2=NC1)c1ccccc14)c1ccccc13. The normalized spacial score (nSPS) is 22.6. The number of nitrogens with zero attached hydrogens (tertiary/aromatic N) is 5. The fraction of sp³-hybridized carbons (Fsp3) is 0.121. The molecule has 0 saturated heterocycles. The molecule has 196 valence electrons. The van der Waals surface area contributed by atoms with E-state index in [9.17, 15) is 0 Å². The van der Waals surface area contributed by atoms with Gasteiger partial charge >= 0.3 is 0 Å². The van der Waals surface area contributed by atoms with Gasteiger partial charge in [0.1, 0.15) is 29.1 Å². The smallest absolute Gasteiger partial charge is 0.168 e. The number of nitrogens with one attached hydrogen (secondary N) is 3. The molecule has 0 aliphatic carbocycles. The number of fused-ring (bicyclic) bond motifs is 4. The number of aromatic amines is 1. The lowest BCUT2D eigenvalue weighted by Gasteiger charge is -2.17. The fourth-order valence-electron chi connectivity index (χ4n) is 6.31. The van der Waals surface area contributed by atoms with Crippen LogP contribution in [-0.2, 0) is 0 Å². The van der Waals surface area contributed by atoms with Crippen molar-refractivity contribution in [2.24, 2.45) is 25.0 Å². The summed E-state index contributed by atoms with van der Waals surface area (Å²) in [4.78, 5) is 29.0. The van der Waals surface area contributed by atoms with E-state index < -0.39 is 0 Å². The molecule has 0 spiro atoms. The molecule has 8 heteroatoms. The maximum atomic E-state index is 5.21. The molecular weight excluding hydrogens is 508 g/mol. The van der Waals surface area contributed by atoms with Gasteiger partial charge in [-0.15, -0.1) is 0 Å². The minimum Gasteiger partial charge on any atom is -0.350 e. The van der Waals surface area contributed by atoms with Gasteiger partial charge in [-0.05, 0) is 11.1 Å². The molecule has 5 aliphatic heterocycles. The highest BCUT2D eigenvalue weighted by molar-refractivity contribution is 6.17. The third-order valence-corrected chi connectivity index (χ3v) is 8.24. The first-order valence-corrected chi connectivity index (χ1v) is 13.8. The predicted molar refractivity (Wildman–Crippen MR) is 159 cm³/mol. The summed E-state index contributed by atoms with van der Waals surface area (Å²) in [7, 11) is 0. The third kappa shape index (κ3) is 3.47. The second-order valence-corrected chi connectivity index (χ2v) is 10.6. The molecule has 0 saturated carbocycles. The van der Waals surface area contributed by atoms with Crippen LogP contribution in [0, 0.1) is 0 Å². The highest BCUT2D eigenvalue weighted by Gasteiger charge is 2.33. The topological polar surface area (TPSA) is 102 Å². The van der Waals surface area contributed by atoms with Gasteiger partial charge in [-0.1, -0.05) is 97.1 Å². The maximum absolute atomic E-state index is 5.21. The van der Waals surface area contributed by atoms with Crippen LogP contribution in [-0.4, -0.2) is 28.9 Å². The molecule has 6 heterocycles. The Balaban J connectivity index is 1.32. The molecule has 3 N–H and O–H groups in total. The van der Waals surface area contributed by atoms with Crippen LogP contribution in [0.2, 0.25) is 0 Å². The average molecular weight is 533 g/mol. The van der Waals surface area contributed by atoms with Gasteiger partial charge < -0.3 is 10.3 Å². The quantitative estimate of drug-likeness (QED) is 0.281. The molecular formula is C33H24N8. The van der Waals surface area contributed by atoms with E-state index in [0.29, 0.717) is 12.4 Å². The summed E-state index contributed by atoms with van der Waals surface area (Å²) in [6.45, 7) is 0.433. The van der Waals surface area contributed by atoms with Crippen molar-refractivity contribution >= 4 is 28.2 Å². The first-order chi connectivity index (χ1) is 20.3. The first-order valence-electron chi connectivity index (χ1n) is 13.8. The van der Waals surface area contributed by atoms with E-state index in [2.05, 4.69) is 76.3 Å². The highest BCUT2D eigenvalue weighted by atomic mass is 15.3. The minimum atomic E-state index is -0.354. The molecule has 3 unspecified atom stereocenters. The molecule has 8 nitrogen and oxygen atoms in total. The van der Waals surface area contributed by atoms with Gasteiger partial charge in [0.25, 0.3) is 0 Å². The van der Waals surface area contributed by atoms with Crippen molar-refractivity contribution in [2.75, 3.05) is 6.54 Å². The van der Waals surface area contributed by atoms with Crippen LogP contribution in [0.4, 0.5) is 0 Å². The molecule has 4 aromatic carbocycles. The predicted octanol–water partition coefficient (Wildman–Crippen LogP) is 4.02.